The van der Waals surface area contributed by atoms with Crippen LogP contribution in [0.15, 0.2) is 17.6 Å². The second-order valence-electron chi connectivity index (χ2n) is 3.78. The lowest BCUT2D eigenvalue weighted by molar-refractivity contribution is -0.137. The van der Waals surface area contributed by atoms with Gasteiger partial charge in [0.1, 0.15) is 11.0 Å². The molecule has 0 saturated heterocycles. The Hall–Kier alpha value is -1.34. The molecular weight excluding hydrogens is 299 g/mol. The molecule has 102 valence electrons. The second kappa shape index (κ2) is 5.34. The number of anilines is 1. The quantitative estimate of drug-likeness (QED) is 0.866. The molecule has 0 bridgehead atoms. The summed E-state index contributed by atoms with van der Waals surface area (Å²) in [7, 11) is 0. The van der Waals surface area contributed by atoms with Crippen molar-refractivity contribution < 1.29 is 13.2 Å². The third-order valence-corrected chi connectivity index (χ3v) is 3.53. The zero-order valence-electron chi connectivity index (χ0n) is 9.75. The third kappa shape index (κ3) is 3.57. The predicted octanol–water partition coefficient (Wildman–Crippen LogP) is 4.13. The second-order valence-corrected chi connectivity index (χ2v) is 5.10. The first-order chi connectivity index (χ1) is 8.86. The van der Waals surface area contributed by atoms with Crippen LogP contribution in [0.3, 0.4) is 0 Å². The van der Waals surface area contributed by atoms with Gasteiger partial charge >= 0.3 is 6.18 Å². The molecule has 0 atom stereocenters. The van der Waals surface area contributed by atoms with E-state index in [2.05, 4.69) is 15.3 Å². The number of hydrogen-bond acceptors (Lipinski definition) is 4. The average Bonchev–Trinajstić information content (AvgIpc) is 2.70. The molecule has 2 aromatic heterocycles. The maximum Gasteiger partial charge on any atom is 0.416 e. The van der Waals surface area contributed by atoms with Gasteiger partial charge in [0.05, 0.1) is 23.3 Å². The van der Waals surface area contributed by atoms with E-state index in [0.717, 1.165) is 22.7 Å². The minimum atomic E-state index is -4.44. The van der Waals surface area contributed by atoms with Crippen molar-refractivity contribution in [2.24, 2.45) is 0 Å². The number of pyridine rings is 1. The molecule has 2 rings (SSSR count). The van der Waals surface area contributed by atoms with Gasteiger partial charge in [-0.05, 0) is 19.1 Å². The van der Waals surface area contributed by atoms with Crippen molar-refractivity contribution in [3.63, 3.8) is 0 Å². The molecule has 0 spiro atoms. The zero-order valence-corrected chi connectivity index (χ0v) is 11.3. The minimum absolute atomic E-state index is 0.0904. The molecule has 0 aromatic carbocycles. The van der Waals surface area contributed by atoms with E-state index in [1.165, 1.54) is 11.3 Å². The molecule has 0 unspecified atom stereocenters. The van der Waals surface area contributed by atoms with Crippen LogP contribution in [-0.4, -0.2) is 9.97 Å². The average molecular weight is 308 g/mol. The lowest BCUT2D eigenvalue weighted by Crippen LogP contribution is -2.08. The summed E-state index contributed by atoms with van der Waals surface area (Å²) in [5.74, 6) is 0.0904. The summed E-state index contributed by atoms with van der Waals surface area (Å²) in [5.41, 5.74) is 1.70. The normalized spacial score (nSPS) is 11.6. The maximum absolute atomic E-state index is 12.6. The molecule has 1 N–H and O–H groups in total. The van der Waals surface area contributed by atoms with Crippen LogP contribution < -0.4 is 5.32 Å². The fraction of sp³-hybridized carbons (Fsp3) is 0.273. The van der Waals surface area contributed by atoms with Gasteiger partial charge in [-0.15, -0.1) is 11.3 Å². The molecular formula is C11H9ClF3N3S. The standard InChI is InChI=1S/C11H9ClF3N3S/c1-6-8(19-5-17-6)4-16-10-3-7(11(13,14)15)2-9(12)18-10/h2-3,5H,4H2,1H3,(H,16,18). The van der Waals surface area contributed by atoms with Crippen molar-refractivity contribution in [3.8, 4) is 0 Å². The monoisotopic (exact) mass is 307 g/mol. The molecule has 2 aromatic rings. The fourth-order valence-corrected chi connectivity index (χ4v) is 2.34. The van der Waals surface area contributed by atoms with E-state index in [9.17, 15) is 13.2 Å². The van der Waals surface area contributed by atoms with E-state index in [0.29, 0.717) is 6.54 Å². The number of aromatic nitrogens is 2. The van der Waals surface area contributed by atoms with Crippen LogP contribution in [0, 0.1) is 6.92 Å². The Balaban J connectivity index is 2.17. The Morgan fingerprint density at radius 3 is 2.68 bits per heavy atom. The summed E-state index contributed by atoms with van der Waals surface area (Å²) in [4.78, 5) is 8.81. The molecule has 0 aliphatic rings. The number of aryl methyl sites for hydroxylation is 1. The van der Waals surface area contributed by atoms with Gasteiger partial charge in [0.2, 0.25) is 0 Å². The number of alkyl halides is 3. The van der Waals surface area contributed by atoms with Crippen molar-refractivity contribution in [1.29, 1.82) is 0 Å². The van der Waals surface area contributed by atoms with Gasteiger partial charge in [0.25, 0.3) is 0 Å². The van der Waals surface area contributed by atoms with Gasteiger partial charge in [0.15, 0.2) is 0 Å². The molecule has 0 fully saturated rings. The van der Waals surface area contributed by atoms with Crippen molar-refractivity contribution >= 4 is 28.8 Å². The van der Waals surface area contributed by atoms with E-state index in [1.807, 2.05) is 6.92 Å². The van der Waals surface area contributed by atoms with Crippen LogP contribution >= 0.6 is 22.9 Å². The number of rotatable bonds is 3. The molecule has 0 aliphatic carbocycles. The summed E-state index contributed by atoms with van der Waals surface area (Å²) < 4.78 is 37.8. The van der Waals surface area contributed by atoms with Crippen LogP contribution in [0.25, 0.3) is 0 Å². The summed E-state index contributed by atoms with van der Waals surface area (Å²) in [6.45, 7) is 2.20. The Morgan fingerprint density at radius 1 is 1.37 bits per heavy atom. The molecule has 0 amide bonds. The smallest absolute Gasteiger partial charge is 0.365 e. The Morgan fingerprint density at radius 2 is 2.11 bits per heavy atom. The first-order valence-electron chi connectivity index (χ1n) is 5.24. The molecule has 8 heteroatoms. The Bertz CT molecular complexity index is 583. The number of nitrogens with one attached hydrogen (secondary N) is 1. The van der Waals surface area contributed by atoms with Crippen molar-refractivity contribution in [1.82, 2.24) is 9.97 Å². The highest BCUT2D eigenvalue weighted by atomic mass is 35.5. The van der Waals surface area contributed by atoms with Crippen molar-refractivity contribution in [2.75, 3.05) is 5.32 Å². The van der Waals surface area contributed by atoms with E-state index in [-0.39, 0.29) is 11.0 Å². The van der Waals surface area contributed by atoms with Crippen LogP contribution in [0.4, 0.5) is 19.0 Å². The van der Waals surface area contributed by atoms with Gasteiger partial charge in [-0.2, -0.15) is 13.2 Å². The van der Waals surface area contributed by atoms with E-state index >= 15 is 0 Å². The molecule has 0 aliphatic heterocycles. The predicted molar refractivity (Wildman–Crippen MR) is 68.4 cm³/mol. The van der Waals surface area contributed by atoms with E-state index < -0.39 is 11.7 Å². The first kappa shape index (κ1) is 14.1. The third-order valence-electron chi connectivity index (χ3n) is 2.40. The molecule has 19 heavy (non-hydrogen) atoms. The highest BCUT2D eigenvalue weighted by molar-refractivity contribution is 7.09. The van der Waals surface area contributed by atoms with Gasteiger partial charge in [0, 0.05) is 4.88 Å². The zero-order chi connectivity index (χ0) is 14.0. The SMILES string of the molecule is Cc1ncsc1CNc1cc(C(F)(F)F)cc(Cl)n1. The summed E-state index contributed by atoms with van der Waals surface area (Å²) in [6.07, 6.45) is -4.44. The number of hydrogen-bond donors (Lipinski definition) is 1. The highest BCUT2D eigenvalue weighted by Crippen LogP contribution is 2.32. The topological polar surface area (TPSA) is 37.8 Å². The Kier molecular flexibility index (Phi) is 3.96. The molecule has 3 nitrogen and oxygen atoms in total. The number of halogens is 4. The molecule has 0 saturated carbocycles. The van der Waals surface area contributed by atoms with E-state index in [4.69, 9.17) is 11.6 Å². The van der Waals surface area contributed by atoms with Crippen molar-refractivity contribution in [3.05, 3.63) is 38.9 Å². The lowest BCUT2D eigenvalue weighted by Gasteiger charge is -2.10. The van der Waals surface area contributed by atoms with Crippen molar-refractivity contribution in [2.45, 2.75) is 19.6 Å². The summed E-state index contributed by atoms with van der Waals surface area (Å²) >= 11 is 7.01. The van der Waals surface area contributed by atoms with Crippen LogP contribution in [0.2, 0.25) is 5.15 Å². The van der Waals surface area contributed by atoms with Gasteiger partial charge < -0.3 is 5.32 Å². The summed E-state index contributed by atoms with van der Waals surface area (Å²) in [6, 6.07) is 1.73. The molecule has 0 radical (unpaired) electrons. The lowest BCUT2D eigenvalue weighted by atomic mass is 10.2. The van der Waals surface area contributed by atoms with Gasteiger partial charge in [-0.1, -0.05) is 11.6 Å². The largest absolute Gasteiger partial charge is 0.416 e. The van der Waals surface area contributed by atoms with E-state index in [1.54, 1.807) is 5.51 Å². The van der Waals surface area contributed by atoms with Crippen LogP contribution in [0.1, 0.15) is 16.1 Å². The van der Waals surface area contributed by atoms with Crippen LogP contribution in [0.5, 0.6) is 0 Å². The maximum atomic E-state index is 12.6. The van der Waals surface area contributed by atoms with Crippen LogP contribution in [-0.2, 0) is 12.7 Å². The van der Waals surface area contributed by atoms with Gasteiger partial charge in [-0.25, -0.2) is 9.97 Å². The number of thiazole rings is 1. The molecule has 2 heterocycles. The van der Waals surface area contributed by atoms with Gasteiger partial charge in [-0.3, -0.25) is 0 Å². The summed E-state index contributed by atoms with van der Waals surface area (Å²) in [5, 5.41) is 2.62. The minimum Gasteiger partial charge on any atom is -0.365 e. The number of nitrogens with zero attached hydrogens (tertiary/aromatic N) is 2. The Labute approximate surface area is 116 Å². The fourth-order valence-electron chi connectivity index (χ4n) is 1.42. The highest BCUT2D eigenvalue weighted by Gasteiger charge is 2.31. The first-order valence-corrected chi connectivity index (χ1v) is 6.49.